The first-order valence-electron chi connectivity index (χ1n) is 7.00. The lowest BCUT2D eigenvalue weighted by atomic mass is 10.1. The number of nitrogens with zero attached hydrogens (tertiary/aromatic N) is 3. The Morgan fingerprint density at radius 2 is 2.29 bits per heavy atom. The highest BCUT2D eigenvalue weighted by atomic mass is 16.5. The number of imidazole rings is 1. The van der Waals surface area contributed by atoms with Crippen molar-refractivity contribution in [3.8, 4) is 11.8 Å². The molecule has 5 nitrogen and oxygen atoms in total. The zero-order valence-corrected chi connectivity index (χ0v) is 12.4. The third kappa shape index (κ3) is 3.61. The largest absolute Gasteiger partial charge is 0.496 e. The standard InChI is InChI=1S/C16H20N4O/c1-3-14(18)9-16-19-6-7-20(16)11-13-8-12(10-17)4-5-15(13)21-2/h4-8,14H,3,9,11,18H2,1-2H3. The van der Waals surface area contributed by atoms with Gasteiger partial charge in [0.25, 0.3) is 0 Å². The van der Waals surface area contributed by atoms with E-state index < -0.39 is 0 Å². The normalized spacial score (nSPS) is 11.9. The molecule has 0 aliphatic rings. The summed E-state index contributed by atoms with van der Waals surface area (Å²) in [6, 6.07) is 7.69. The molecule has 0 spiro atoms. The van der Waals surface area contributed by atoms with E-state index in [2.05, 4.69) is 22.5 Å². The highest BCUT2D eigenvalue weighted by molar-refractivity contribution is 5.42. The van der Waals surface area contributed by atoms with E-state index in [0.717, 1.165) is 30.0 Å². The van der Waals surface area contributed by atoms with Gasteiger partial charge in [0.05, 0.1) is 25.3 Å². The van der Waals surface area contributed by atoms with Crippen LogP contribution < -0.4 is 10.5 Å². The van der Waals surface area contributed by atoms with Gasteiger partial charge in [0.1, 0.15) is 11.6 Å². The van der Waals surface area contributed by atoms with Gasteiger partial charge in [0, 0.05) is 30.4 Å². The van der Waals surface area contributed by atoms with Gasteiger partial charge in [-0.1, -0.05) is 6.92 Å². The van der Waals surface area contributed by atoms with Gasteiger partial charge in [0.15, 0.2) is 0 Å². The second-order valence-electron chi connectivity index (χ2n) is 4.98. The first-order chi connectivity index (χ1) is 10.2. The van der Waals surface area contributed by atoms with Crippen molar-refractivity contribution in [2.24, 2.45) is 5.73 Å². The van der Waals surface area contributed by atoms with Crippen molar-refractivity contribution in [3.05, 3.63) is 47.5 Å². The maximum atomic E-state index is 9.03. The number of ether oxygens (including phenoxy) is 1. The van der Waals surface area contributed by atoms with Gasteiger partial charge >= 0.3 is 0 Å². The maximum Gasteiger partial charge on any atom is 0.123 e. The SMILES string of the molecule is CCC(N)Cc1nccn1Cc1cc(C#N)ccc1OC. The zero-order chi connectivity index (χ0) is 15.2. The Hall–Kier alpha value is -2.32. The molecule has 5 heteroatoms. The maximum absolute atomic E-state index is 9.03. The third-order valence-electron chi connectivity index (χ3n) is 3.52. The summed E-state index contributed by atoms with van der Waals surface area (Å²) in [5, 5.41) is 9.03. The van der Waals surface area contributed by atoms with Crippen molar-refractivity contribution in [2.45, 2.75) is 32.4 Å². The van der Waals surface area contributed by atoms with Crippen LogP contribution in [-0.2, 0) is 13.0 Å². The molecule has 1 aromatic heterocycles. The van der Waals surface area contributed by atoms with Crippen LogP contribution in [0.4, 0.5) is 0 Å². The molecule has 1 aromatic carbocycles. The number of aromatic nitrogens is 2. The fraction of sp³-hybridized carbons (Fsp3) is 0.375. The van der Waals surface area contributed by atoms with Gasteiger partial charge in [-0.05, 0) is 24.6 Å². The van der Waals surface area contributed by atoms with Gasteiger partial charge in [-0.25, -0.2) is 4.98 Å². The Morgan fingerprint density at radius 1 is 1.48 bits per heavy atom. The summed E-state index contributed by atoms with van der Waals surface area (Å²) in [5.74, 6) is 1.72. The Morgan fingerprint density at radius 3 is 2.95 bits per heavy atom. The molecule has 2 aromatic rings. The summed E-state index contributed by atoms with van der Waals surface area (Å²) in [6.45, 7) is 2.68. The van der Waals surface area contributed by atoms with Crippen LogP contribution >= 0.6 is 0 Å². The van der Waals surface area contributed by atoms with E-state index in [1.165, 1.54) is 0 Å². The minimum absolute atomic E-state index is 0.110. The van der Waals surface area contributed by atoms with Crippen LogP contribution in [0.15, 0.2) is 30.6 Å². The number of nitrogens with two attached hydrogens (primary N) is 1. The van der Waals surface area contributed by atoms with E-state index >= 15 is 0 Å². The number of benzene rings is 1. The van der Waals surface area contributed by atoms with E-state index in [1.807, 2.05) is 18.3 Å². The lowest BCUT2D eigenvalue weighted by Gasteiger charge is -2.13. The summed E-state index contributed by atoms with van der Waals surface area (Å²) >= 11 is 0. The minimum Gasteiger partial charge on any atom is -0.496 e. The van der Waals surface area contributed by atoms with Crippen molar-refractivity contribution in [1.29, 1.82) is 5.26 Å². The second kappa shape index (κ2) is 6.91. The second-order valence-corrected chi connectivity index (χ2v) is 4.98. The van der Waals surface area contributed by atoms with E-state index in [4.69, 9.17) is 15.7 Å². The Kier molecular flexibility index (Phi) is 4.96. The van der Waals surface area contributed by atoms with Crippen LogP contribution in [-0.4, -0.2) is 22.7 Å². The molecule has 0 saturated heterocycles. The topological polar surface area (TPSA) is 76.9 Å². The molecule has 0 aliphatic heterocycles. The summed E-state index contributed by atoms with van der Waals surface area (Å²) in [4.78, 5) is 4.38. The molecule has 0 aliphatic carbocycles. The molecule has 0 saturated carbocycles. The van der Waals surface area contributed by atoms with Gasteiger partial charge in [-0.2, -0.15) is 5.26 Å². The van der Waals surface area contributed by atoms with Crippen LogP contribution in [0.5, 0.6) is 5.75 Å². The Labute approximate surface area is 125 Å². The van der Waals surface area contributed by atoms with Crippen molar-refractivity contribution in [3.63, 3.8) is 0 Å². The molecule has 1 atom stereocenters. The Bertz CT molecular complexity index is 642. The van der Waals surface area contributed by atoms with Gasteiger partial charge < -0.3 is 15.0 Å². The molecule has 1 heterocycles. The highest BCUT2D eigenvalue weighted by Crippen LogP contribution is 2.21. The fourth-order valence-electron chi connectivity index (χ4n) is 2.21. The first-order valence-corrected chi connectivity index (χ1v) is 7.00. The third-order valence-corrected chi connectivity index (χ3v) is 3.52. The lowest BCUT2D eigenvalue weighted by Crippen LogP contribution is -2.23. The van der Waals surface area contributed by atoms with Crippen LogP contribution in [0.25, 0.3) is 0 Å². The zero-order valence-electron chi connectivity index (χ0n) is 12.4. The lowest BCUT2D eigenvalue weighted by molar-refractivity contribution is 0.408. The van der Waals surface area contributed by atoms with E-state index in [1.54, 1.807) is 19.4 Å². The predicted octanol–water partition coefficient (Wildman–Crippen LogP) is 2.09. The van der Waals surface area contributed by atoms with Crippen LogP contribution in [0, 0.1) is 11.3 Å². The first kappa shape index (κ1) is 15.1. The van der Waals surface area contributed by atoms with E-state index in [0.29, 0.717) is 12.1 Å². The molecule has 21 heavy (non-hydrogen) atoms. The summed E-state index contributed by atoms with van der Waals surface area (Å²) in [7, 11) is 1.63. The van der Waals surface area contributed by atoms with Crippen LogP contribution in [0.3, 0.4) is 0 Å². The van der Waals surface area contributed by atoms with E-state index in [9.17, 15) is 0 Å². The number of methoxy groups -OCH3 is 1. The predicted molar refractivity (Wildman–Crippen MR) is 81.0 cm³/mol. The van der Waals surface area contributed by atoms with Crippen molar-refractivity contribution < 1.29 is 4.74 Å². The smallest absolute Gasteiger partial charge is 0.123 e. The van der Waals surface area contributed by atoms with Crippen molar-refractivity contribution in [2.75, 3.05) is 7.11 Å². The molecule has 2 rings (SSSR count). The molecule has 0 amide bonds. The number of rotatable bonds is 6. The quantitative estimate of drug-likeness (QED) is 0.881. The van der Waals surface area contributed by atoms with E-state index in [-0.39, 0.29) is 6.04 Å². The fourth-order valence-corrected chi connectivity index (χ4v) is 2.21. The molecule has 1 unspecified atom stereocenters. The molecule has 0 radical (unpaired) electrons. The van der Waals surface area contributed by atoms with Crippen molar-refractivity contribution in [1.82, 2.24) is 9.55 Å². The highest BCUT2D eigenvalue weighted by Gasteiger charge is 2.11. The van der Waals surface area contributed by atoms with Crippen LogP contribution in [0.1, 0.15) is 30.3 Å². The van der Waals surface area contributed by atoms with Gasteiger partial charge in [0.2, 0.25) is 0 Å². The number of hydrogen-bond acceptors (Lipinski definition) is 4. The molecule has 110 valence electrons. The monoisotopic (exact) mass is 284 g/mol. The van der Waals surface area contributed by atoms with Gasteiger partial charge in [-0.15, -0.1) is 0 Å². The molecule has 0 fully saturated rings. The van der Waals surface area contributed by atoms with Gasteiger partial charge in [-0.3, -0.25) is 0 Å². The van der Waals surface area contributed by atoms with Crippen LogP contribution in [0.2, 0.25) is 0 Å². The minimum atomic E-state index is 0.110. The summed E-state index contributed by atoms with van der Waals surface area (Å²) < 4.78 is 7.42. The van der Waals surface area contributed by atoms with Crippen molar-refractivity contribution >= 4 is 0 Å². The average molecular weight is 284 g/mol. The molecular formula is C16H20N4O. The number of hydrogen-bond donors (Lipinski definition) is 1. The Balaban J connectivity index is 2.26. The summed E-state index contributed by atoms with van der Waals surface area (Å²) in [5.41, 5.74) is 7.59. The molecule has 2 N–H and O–H groups in total. The molecule has 0 bridgehead atoms. The number of nitriles is 1. The molecular weight excluding hydrogens is 264 g/mol. The summed E-state index contributed by atoms with van der Waals surface area (Å²) in [6.07, 6.45) is 5.36. The average Bonchev–Trinajstić information content (AvgIpc) is 2.94.